The molecule has 0 bridgehead atoms. The summed E-state index contributed by atoms with van der Waals surface area (Å²) in [6.45, 7) is 4.95. The van der Waals surface area contributed by atoms with Crippen LogP contribution >= 0.6 is 11.3 Å². The van der Waals surface area contributed by atoms with Crippen LogP contribution in [0.3, 0.4) is 0 Å². The van der Waals surface area contributed by atoms with E-state index >= 15 is 0 Å². The van der Waals surface area contributed by atoms with Gasteiger partial charge in [0.05, 0.1) is 18.3 Å². The number of thiophene rings is 1. The summed E-state index contributed by atoms with van der Waals surface area (Å²) in [7, 11) is 0. The molecule has 1 saturated heterocycles. The first-order valence-electron chi connectivity index (χ1n) is 6.91. The van der Waals surface area contributed by atoms with Crippen LogP contribution in [-0.2, 0) is 10.3 Å². The van der Waals surface area contributed by atoms with Gasteiger partial charge in [-0.2, -0.15) is 0 Å². The largest absolute Gasteiger partial charge is 0.385 e. The fraction of sp³-hybridized carbons (Fsp3) is 0.500. The fourth-order valence-corrected chi connectivity index (χ4v) is 3.91. The van der Waals surface area contributed by atoms with Gasteiger partial charge in [-0.25, -0.2) is 0 Å². The lowest BCUT2D eigenvalue weighted by Gasteiger charge is -2.39. The average molecular weight is 276 g/mol. The molecule has 0 spiro atoms. The van der Waals surface area contributed by atoms with E-state index in [4.69, 9.17) is 4.74 Å². The van der Waals surface area contributed by atoms with Gasteiger partial charge in [-0.05, 0) is 22.8 Å². The van der Waals surface area contributed by atoms with Gasteiger partial charge in [-0.1, -0.05) is 32.0 Å². The second kappa shape index (κ2) is 4.89. The van der Waals surface area contributed by atoms with Gasteiger partial charge in [0, 0.05) is 23.1 Å². The molecule has 1 aliphatic rings. The zero-order chi connectivity index (χ0) is 13.5. The van der Waals surface area contributed by atoms with E-state index in [1.165, 1.54) is 10.1 Å². The molecule has 0 aliphatic carbocycles. The van der Waals surface area contributed by atoms with Crippen molar-refractivity contribution < 1.29 is 9.84 Å². The Hall–Kier alpha value is -0.900. The van der Waals surface area contributed by atoms with Crippen LogP contribution in [0, 0.1) is 5.92 Å². The van der Waals surface area contributed by atoms with Gasteiger partial charge < -0.3 is 9.84 Å². The molecule has 1 aromatic carbocycles. The lowest BCUT2D eigenvalue weighted by atomic mass is 9.81. The Morgan fingerprint density at radius 2 is 2.21 bits per heavy atom. The van der Waals surface area contributed by atoms with Crippen molar-refractivity contribution in [1.29, 1.82) is 0 Å². The summed E-state index contributed by atoms with van der Waals surface area (Å²) < 4.78 is 7.01. The monoisotopic (exact) mass is 276 g/mol. The smallest absolute Gasteiger partial charge is 0.0957 e. The Morgan fingerprint density at radius 1 is 1.37 bits per heavy atom. The zero-order valence-corrected chi connectivity index (χ0v) is 12.2. The minimum atomic E-state index is -0.739. The molecule has 2 aromatic rings. The van der Waals surface area contributed by atoms with E-state index in [1.807, 2.05) is 6.07 Å². The molecule has 2 unspecified atom stereocenters. The van der Waals surface area contributed by atoms with E-state index in [0.29, 0.717) is 25.4 Å². The van der Waals surface area contributed by atoms with Crippen molar-refractivity contribution in [1.82, 2.24) is 0 Å². The fourth-order valence-electron chi connectivity index (χ4n) is 2.91. The molecule has 1 fully saturated rings. The third kappa shape index (κ3) is 2.31. The molecule has 19 heavy (non-hydrogen) atoms. The Kier molecular flexibility index (Phi) is 3.37. The molecular formula is C16H20O2S. The van der Waals surface area contributed by atoms with E-state index in [-0.39, 0.29) is 6.10 Å². The molecule has 1 aliphatic heterocycles. The molecule has 0 radical (unpaired) electrons. The predicted octanol–water partition coefficient (Wildman–Crippen LogP) is 3.92. The maximum atomic E-state index is 11.1. The average Bonchev–Trinajstić information content (AvgIpc) is 2.86. The van der Waals surface area contributed by atoms with Crippen molar-refractivity contribution >= 4 is 21.4 Å². The number of fused-ring (bicyclic) bond motifs is 1. The molecule has 0 amide bonds. The summed E-state index contributed by atoms with van der Waals surface area (Å²) in [6, 6.07) is 8.34. The van der Waals surface area contributed by atoms with Gasteiger partial charge in [0.2, 0.25) is 0 Å². The lowest BCUT2D eigenvalue weighted by molar-refractivity contribution is -0.120. The number of hydrogen-bond acceptors (Lipinski definition) is 3. The minimum Gasteiger partial charge on any atom is -0.385 e. The molecule has 102 valence electrons. The maximum Gasteiger partial charge on any atom is 0.0957 e. The van der Waals surface area contributed by atoms with Crippen molar-refractivity contribution in [3.8, 4) is 0 Å². The first kappa shape index (κ1) is 13.1. The first-order chi connectivity index (χ1) is 9.10. The lowest BCUT2D eigenvalue weighted by Crippen LogP contribution is -2.40. The van der Waals surface area contributed by atoms with Crippen molar-refractivity contribution in [2.45, 2.75) is 38.4 Å². The summed E-state index contributed by atoms with van der Waals surface area (Å²) in [5, 5.41) is 14.4. The number of aliphatic hydroxyl groups is 1. The third-order valence-electron chi connectivity index (χ3n) is 4.11. The van der Waals surface area contributed by atoms with Crippen LogP contribution in [0.2, 0.25) is 0 Å². The normalized spacial score (nSPS) is 28.1. The van der Waals surface area contributed by atoms with Gasteiger partial charge in [-0.15, -0.1) is 11.3 Å². The van der Waals surface area contributed by atoms with Crippen LogP contribution in [0.25, 0.3) is 10.1 Å². The molecule has 1 N–H and O–H groups in total. The number of benzene rings is 1. The molecule has 3 heteroatoms. The highest BCUT2D eigenvalue weighted by molar-refractivity contribution is 7.17. The summed E-state index contributed by atoms with van der Waals surface area (Å²) in [5.74, 6) is 0.439. The van der Waals surface area contributed by atoms with Crippen molar-refractivity contribution in [3.05, 3.63) is 35.2 Å². The van der Waals surface area contributed by atoms with E-state index < -0.39 is 5.60 Å². The highest BCUT2D eigenvalue weighted by atomic mass is 32.1. The van der Waals surface area contributed by atoms with Gasteiger partial charge in [0.25, 0.3) is 0 Å². The van der Waals surface area contributed by atoms with Crippen LogP contribution in [0.4, 0.5) is 0 Å². The summed E-state index contributed by atoms with van der Waals surface area (Å²) in [4.78, 5) is 0. The van der Waals surface area contributed by atoms with E-state index in [9.17, 15) is 5.11 Å². The topological polar surface area (TPSA) is 29.5 Å². The predicted molar refractivity (Wildman–Crippen MR) is 79.5 cm³/mol. The van der Waals surface area contributed by atoms with Crippen molar-refractivity contribution in [3.63, 3.8) is 0 Å². The zero-order valence-electron chi connectivity index (χ0n) is 11.4. The van der Waals surface area contributed by atoms with Gasteiger partial charge >= 0.3 is 0 Å². The first-order valence-corrected chi connectivity index (χ1v) is 7.79. The standard InChI is InChI=1S/C16H20O2S/c1-11(2)14-10-16(17,7-8-18-14)13-5-3-4-12-6-9-19-15(12)13/h3-6,9,11,14,17H,7-8,10H2,1-2H3. The maximum absolute atomic E-state index is 11.1. The molecule has 2 heterocycles. The van der Waals surface area contributed by atoms with Crippen molar-refractivity contribution in [2.24, 2.45) is 5.92 Å². The minimum absolute atomic E-state index is 0.147. The summed E-state index contributed by atoms with van der Waals surface area (Å²) in [6.07, 6.45) is 1.53. The Bertz CT molecular complexity index is 575. The number of rotatable bonds is 2. The number of ether oxygens (including phenoxy) is 1. The van der Waals surface area contributed by atoms with Crippen LogP contribution in [0.1, 0.15) is 32.3 Å². The van der Waals surface area contributed by atoms with E-state index in [2.05, 4.69) is 37.4 Å². The summed E-state index contributed by atoms with van der Waals surface area (Å²) >= 11 is 1.71. The second-order valence-electron chi connectivity index (χ2n) is 5.78. The van der Waals surface area contributed by atoms with Gasteiger partial charge in [0.1, 0.15) is 0 Å². The molecule has 3 rings (SSSR count). The SMILES string of the molecule is CC(C)C1CC(O)(c2cccc3ccsc23)CCO1. The van der Waals surface area contributed by atoms with Crippen LogP contribution in [0.5, 0.6) is 0 Å². The van der Waals surface area contributed by atoms with Crippen molar-refractivity contribution in [2.75, 3.05) is 6.61 Å². The van der Waals surface area contributed by atoms with Crippen LogP contribution in [0.15, 0.2) is 29.6 Å². The Morgan fingerprint density at radius 3 is 3.00 bits per heavy atom. The Balaban J connectivity index is 2.01. The number of hydrogen-bond donors (Lipinski definition) is 1. The molecule has 2 nitrogen and oxygen atoms in total. The van der Waals surface area contributed by atoms with E-state index in [0.717, 1.165) is 5.56 Å². The quantitative estimate of drug-likeness (QED) is 0.900. The highest BCUT2D eigenvalue weighted by Gasteiger charge is 2.38. The molecule has 2 atom stereocenters. The van der Waals surface area contributed by atoms with Gasteiger partial charge in [-0.3, -0.25) is 0 Å². The third-order valence-corrected chi connectivity index (χ3v) is 5.07. The summed E-state index contributed by atoms with van der Waals surface area (Å²) in [5.41, 5.74) is 0.339. The van der Waals surface area contributed by atoms with Crippen LogP contribution < -0.4 is 0 Å². The molecule has 1 aromatic heterocycles. The van der Waals surface area contributed by atoms with Gasteiger partial charge in [0.15, 0.2) is 0 Å². The molecular weight excluding hydrogens is 256 g/mol. The Labute approximate surface area is 118 Å². The molecule has 0 saturated carbocycles. The van der Waals surface area contributed by atoms with E-state index in [1.54, 1.807) is 11.3 Å². The highest BCUT2D eigenvalue weighted by Crippen LogP contribution is 2.41. The van der Waals surface area contributed by atoms with Crippen LogP contribution in [-0.4, -0.2) is 17.8 Å². The second-order valence-corrected chi connectivity index (χ2v) is 6.70.